The first-order valence-corrected chi connectivity index (χ1v) is 8.88. The number of aryl methyl sites for hydroxylation is 2. The van der Waals surface area contributed by atoms with Gasteiger partial charge in [0.25, 0.3) is 0 Å². The van der Waals surface area contributed by atoms with Crippen LogP contribution in [0.5, 0.6) is 0 Å². The summed E-state index contributed by atoms with van der Waals surface area (Å²) in [5.74, 6) is 3.84. The Balaban J connectivity index is 1.28. The molecule has 3 heterocycles. The smallest absolute Gasteiger partial charge is 0.229 e. The maximum absolute atomic E-state index is 5.64. The fraction of sp³-hybridized carbons (Fsp3) is 0.706. The monoisotopic (exact) mass is 331 g/mol. The first-order chi connectivity index (χ1) is 11.7. The predicted octanol–water partition coefficient (Wildman–Crippen LogP) is 2.31. The molecule has 7 heteroatoms. The van der Waals surface area contributed by atoms with Crippen molar-refractivity contribution in [3.8, 4) is 0 Å². The third kappa shape index (κ3) is 3.67. The summed E-state index contributed by atoms with van der Waals surface area (Å²) in [4.78, 5) is 11.4. The zero-order chi connectivity index (χ0) is 16.5. The maximum atomic E-state index is 5.64. The van der Waals surface area contributed by atoms with E-state index in [1.165, 1.54) is 25.7 Å². The Morgan fingerprint density at radius 1 is 1.21 bits per heavy atom. The second-order valence-electron chi connectivity index (χ2n) is 7.03. The minimum absolute atomic E-state index is 0.445. The highest BCUT2D eigenvalue weighted by Crippen LogP contribution is 2.38. The van der Waals surface area contributed by atoms with Crippen LogP contribution >= 0.6 is 0 Å². The number of rotatable bonds is 6. The highest BCUT2D eigenvalue weighted by molar-refractivity contribution is 5.05. The lowest BCUT2D eigenvalue weighted by atomic mass is 10.1. The summed E-state index contributed by atoms with van der Waals surface area (Å²) < 4.78 is 11.0. The number of likely N-dealkylation sites (tertiary alicyclic amines) is 1. The lowest BCUT2D eigenvalue weighted by Gasteiger charge is -2.32. The average Bonchev–Trinajstić information content (AvgIpc) is 3.24. The van der Waals surface area contributed by atoms with Crippen LogP contribution in [0.2, 0.25) is 0 Å². The van der Waals surface area contributed by atoms with Crippen LogP contribution in [-0.4, -0.2) is 39.2 Å². The number of oxazole rings is 1. The molecule has 2 aromatic rings. The van der Waals surface area contributed by atoms with Crippen LogP contribution in [0.4, 0.5) is 0 Å². The number of hydrogen-bond acceptors (Lipinski definition) is 7. The Morgan fingerprint density at radius 2 is 2.08 bits per heavy atom. The van der Waals surface area contributed by atoms with Crippen LogP contribution in [-0.2, 0) is 13.1 Å². The van der Waals surface area contributed by atoms with E-state index in [1.807, 2.05) is 13.8 Å². The van der Waals surface area contributed by atoms with E-state index in [2.05, 4.69) is 25.3 Å². The number of nitrogens with zero attached hydrogens (tertiary/aromatic N) is 4. The fourth-order valence-corrected chi connectivity index (χ4v) is 3.24. The maximum Gasteiger partial charge on any atom is 0.229 e. The molecule has 1 atom stereocenters. The molecule has 1 saturated carbocycles. The standard InChI is InChI=1S/C17H25N5O2/c1-11-12(2)23-16(19-11)8-18-14-4-3-7-22(9-14)10-15-20-17(24-21-15)13-5-6-13/h13-14,18H,3-10H2,1-2H3. The van der Waals surface area contributed by atoms with Gasteiger partial charge in [-0.2, -0.15) is 4.98 Å². The van der Waals surface area contributed by atoms with Crippen LogP contribution in [0.1, 0.15) is 60.7 Å². The van der Waals surface area contributed by atoms with Gasteiger partial charge < -0.3 is 14.3 Å². The molecule has 0 radical (unpaired) electrons. The van der Waals surface area contributed by atoms with Crippen molar-refractivity contribution < 1.29 is 8.94 Å². The zero-order valence-electron chi connectivity index (χ0n) is 14.4. The van der Waals surface area contributed by atoms with E-state index in [1.54, 1.807) is 0 Å². The second-order valence-corrected chi connectivity index (χ2v) is 7.03. The van der Waals surface area contributed by atoms with Crippen LogP contribution in [0.3, 0.4) is 0 Å². The third-order valence-corrected chi connectivity index (χ3v) is 4.90. The van der Waals surface area contributed by atoms with Crippen LogP contribution in [0.15, 0.2) is 8.94 Å². The Morgan fingerprint density at radius 3 is 2.83 bits per heavy atom. The summed E-state index contributed by atoms with van der Waals surface area (Å²) in [5, 5.41) is 7.69. The van der Waals surface area contributed by atoms with Gasteiger partial charge >= 0.3 is 0 Å². The van der Waals surface area contributed by atoms with Crippen molar-refractivity contribution in [3.05, 3.63) is 29.1 Å². The summed E-state index contributed by atoms with van der Waals surface area (Å²) in [6.45, 7) is 7.46. The molecule has 0 aromatic carbocycles. The molecule has 0 amide bonds. The molecule has 1 unspecified atom stereocenters. The highest BCUT2D eigenvalue weighted by Gasteiger charge is 2.30. The summed E-state index contributed by atoms with van der Waals surface area (Å²) >= 11 is 0. The largest absolute Gasteiger partial charge is 0.444 e. The van der Waals surface area contributed by atoms with Crippen molar-refractivity contribution in [2.75, 3.05) is 13.1 Å². The molecule has 4 rings (SSSR count). The second kappa shape index (κ2) is 6.64. The van der Waals surface area contributed by atoms with Gasteiger partial charge in [-0.1, -0.05) is 5.16 Å². The van der Waals surface area contributed by atoms with Gasteiger partial charge in [0.1, 0.15) is 5.76 Å². The zero-order valence-corrected chi connectivity index (χ0v) is 14.4. The van der Waals surface area contributed by atoms with E-state index in [0.717, 1.165) is 48.7 Å². The van der Waals surface area contributed by atoms with Crippen LogP contribution in [0, 0.1) is 13.8 Å². The average molecular weight is 331 g/mol. The molecule has 2 aromatic heterocycles. The molecule has 0 bridgehead atoms. The SMILES string of the molecule is Cc1nc(CNC2CCCN(Cc3noc(C4CC4)n3)C2)oc1C. The van der Waals surface area contributed by atoms with E-state index in [0.29, 0.717) is 18.5 Å². The van der Waals surface area contributed by atoms with Gasteiger partial charge in [-0.25, -0.2) is 4.98 Å². The number of piperidine rings is 1. The van der Waals surface area contributed by atoms with E-state index in [-0.39, 0.29) is 0 Å². The van der Waals surface area contributed by atoms with Crippen molar-refractivity contribution in [1.82, 2.24) is 25.3 Å². The molecule has 2 fully saturated rings. The number of aromatic nitrogens is 3. The minimum atomic E-state index is 0.445. The van der Waals surface area contributed by atoms with Crippen LogP contribution < -0.4 is 5.32 Å². The highest BCUT2D eigenvalue weighted by atomic mass is 16.5. The molecule has 0 spiro atoms. The van der Waals surface area contributed by atoms with E-state index in [9.17, 15) is 0 Å². The summed E-state index contributed by atoms with van der Waals surface area (Å²) in [7, 11) is 0. The van der Waals surface area contributed by atoms with E-state index in [4.69, 9.17) is 8.94 Å². The van der Waals surface area contributed by atoms with Gasteiger partial charge in [-0.05, 0) is 46.1 Å². The van der Waals surface area contributed by atoms with Gasteiger partial charge in [0, 0.05) is 18.5 Å². The lowest BCUT2D eigenvalue weighted by molar-refractivity contribution is 0.175. The van der Waals surface area contributed by atoms with Crippen molar-refractivity contribution in [2.24, 2.45) is 0 Å². The Hall–Kier alpha value is -1.73. The molecule has 24 heavy (non-hydrogen) atoms. The Bertz CT molecular complexity index is 671. The summed E-state index contributed by atoms with van der Waals surface area (Å²) in [6, 6.07) is 0.445. The molecule has 7 nitrogen and oxygen atoms in total. The molecule has 1 aliphatic carbocycles. The van der Waals surface area contributed by atoms with Crippen LogP contribution in [0.25, 0.3) is 0 Å². The fourth-order valence-electron chi connectivity index (χ4n) is 3.24. The predicted molar refractivity (Wildman–Crippen MR) is 87.4 cm³/mol. The normalized spacial score (nSPS) is 22.2. The number of nitrogens with one attached hydrogen (secondary N) is 1. The minimum Gasteiger partial charge on any atom is -0.444 e. The van der Waals surface area contributed by atoms with Crippen molar-refractivity contribution in [3.63, 3.8) is 0 Å². The van der Waals surface area contributed by atoms with E-state index >= 15 is 0 Å². The Labute approximate surface area is 141 Å². The van der Waals surface area contributed by atoms with Crippen molar-refractivity contribution in [1.29, 1.82) is 0 Å². The summed E-state index contributed by atoms with van der Waals surface area (Å²) in [6.07, 6.45) is 4.73. The molecule has 1 saturated heterocycles. The molecule has 1 aliphatic heterocycles. The third-order valence-electron chi connectivity index (χ3n) is 4.90. The van der Waals surface area contributed by atoms with Gasteiger partial charge in [0.2, 0.25) is 11.8 Å². The van der Waals surface area contributed by atoms with Gasteiger partial charge in [0.15, 0.2) is 5.82 Å². The van der Waals surface area contributed by atoms with Crippen molar-refractivity contribution in [2.45, 2.75) is 64.6 Å². The molecule has 130 valence electrons. The first kappa shape index (κ1) is 15.8. The molecule has 2 aliphatic rings. The van der Waals surface area contributed by atoms with E-state index < -0.39 is 0 Å². The molecular formula is C17H25N5O2. The quantitative estimate of drug-likeness (QED) is 0.870. The molecular weight excluding hydrogens is 306 g/mol. The Kier molecular flexibility index (Phi) is 4.37. The lowest BCUT2D eigenvalue weighted by Crippen LogP contribution is -2.45. The molecule has 1 N–H and O–H groups in total. The first-order valence-electron chi connectivity index (χ1n) is 8.88. The van der Waals surface area contributed by atoms with Gasteiger partial charge in [0.05, 0.1) is 18.8 Å². The van der Waals surface area contributed by atoms with Gasteiger partial charge in [-0.15, -0.1) is 0 Å². The topological polar surface area (TPSA) is 80.2 Å². The van der Waals surface area contributed by atoms with Crippen molar-refractivity contribution >= 4 is 0 Å². The van der Waals surface area contributed by atoms with Gasteiger partial charge in [-0.3, -0.25) is 4.90 Å². The summed E-state index contributed by atoms with van der Waals surface area (Å²) in [5.41, 5.74) is 0.973. The number of hydrogen-bond donors (Lipinski definition) is 1.